The molecule has 2 rings (SSSR count). The number of hydrogen-bond donors (Lipinski definition) is 0. The summed E-state index contributed by atoms with van der Waals surface area (Å²) in [5.74, 6) is -0.187. The van der Waals surface area contributed by atoms with Crippen LogP contribution in [-0.4, -0.2) is 22.9 Å². The van der Waals surface area contributed by atoms with E-state index in [1.165, 1.54) is 0 Å². The molecule has 0 saturated carbocycles. The third kappa shape index (κ3) is 2.46. The Labute approximate surface area is 118 Å². The molecule has 0 aliphatic rings. The quantitative estimate of drug-likeness (QED) is 0.621. The van der Waals surface area contributed by atoms with E-state index in [1.807, 2.05) is 42.7 Å². The van der Waals surface area contributed by atoms with Gasteiger partial charge in [0.1, 0.15) is 6.54 Å². The lowest BCUT2D eigenvalue weighted by molar-refractivity contribution is -0.143. The number of Topliss-reactive ketones (excluding diaryl/α,β-unsaturated/α-hetero) is 1. The minimum atomic E-state index is -0.285. The number of ether oxygens (including phenoxy) is 1. The normalized spacial score (nSPS) is 10.8. The van der Waals surface area contributed by atoms with Crippen LogP contribution in [-0.2, 0) is 16.1 Å². The zero-order chi connectivity index (χ0) is 14.7. The molecule has 0 unspecified atom stereocenters. The standard InChI is InChI=1S/C16H19NO3/c1-4-14(18)16-11(3)17(10-15(19)20-5-2)13-9-7-6-8-12(13)16/h6-9H,4-5,10H2,1-3H3. The highest BCUT2D eigenvalue weighted by Gasteiger charge is 2.19. The van der Waals surface area contributed by atoms with E-state index in [-0.39, 0.29) is 18.3 Å². The van der Waals surface area contributed by atoms with Gasteiger partial charge in [0, 0.05) is 28.6 Å². The Hall–Kier alpha value is -2.10. The highest BCUT2D eigenvalue weighted by molar-refractivity contribution is 6.09. The molecule has 0 aliphatic heterocycles. The molecule has 1 aromatic carbocycles. The van der Waals surface area contributed by atoms with Crippen molar-refractivity contribution in [2.75, 3.05) is 6.61 Å². The molecule has 0 spiro atoms. The summed E-state index contributed by atoms with van der Waals surface area (Å²) < 4.78 is 6.86. The number of esters is 1. The average molecular weight is 273 g/mol. The van der Waals surface area contributed by atoms with Crippen LogP contribution in [0.3, 0.4) is 0 Å². The van der Waals surface area contributed by atoms with E-state index < -0.39 is 0 Å². The van der Waals surface area contributed by atoms with Crippen LogP contribution >= 0.6 is 0 Å². The van der Waals surface area contributed by atoms with E-state index in [1.54, 1.807) is 6.92 Å². The van der Waals surface area contributed by atoms with Crippen LogP contribution in [0.4, 0.5) is 0 Å². The predicted molar refractivity (Wildman–Crippen MR) is 77.9 cm³/mol. The molecule has 1 heterocycles. The van der Waals surface area contributed by atoms with Gasteiger partial charge in [-0.2, -0.15) is 0 Å². The summed E-state index contributed by atoms with van der Waals surface area (Å²) in [4.78, 5) is 23.9. The molecule has 1 aromatic heterocycles. The predicted octanol–water partition coefficient (Wildman–Crippen LogP) is 3.11. The SMILES string of the molecule is CCOC(=O)Cn1c(C)c(C(=O)CC)c2ccccc21. The fourth-order valence-electron chi connectivity index (χ4n) is 2.50. The third-order valence-corrected chi connectivity index (χ3v) is 3.42. The zero-order valence-electron chi connectivity index (χ0n) is 12.1. The fourth-order valence-corrected chi connectivity index (χ4v) is 2.50. The molecule has 0 saturated heterocycles. The zero-order valence-corrected chi connectivity index (χ0v) is 12.1. The van der Waals surface area contributed by atoms with E-state index >= 15 is 0 Å². The summed E-state index contributed by atoms with van der Waals surface area (Å²) in [5, 5.41) is 0.904. The van der Waals surface area contributed by atoms with Crippen LogP contribution in [0, 0.1) is 6.92 Å². The number of hydrogen-bond acceptors (Lipinski definition) is 3. The highest BCUT2D eigenvalue weighted by atomic mass is 16.5. The van der Waals surface area contributed by atoms with Crippen molar-refractivity contribution in [3.05, 3.63) is 35.5 Å². The first-order chi connectivity index (χ1) is 9.60. The van der Waals surface area contributed by atoms with E-state index in [4.69, 9.17) is 4.74 Å². The van der Waals surface area contributed by atoms with Gasteiger partial charge in [-0.25, -0.2) is 0 Å². The first kappa shape index (κ1) is 14.3. The van der Waals surface area contributed by atoms with Gasteiger partial charge in [0.05, 0.1) is 6.61 Å². The van der Waals surface area contributed by atoms with E-state index in [0.717, 1.165) is 16.6 Å². The van der Waals surface area contributed by atoms with Crippen molar-refractivity contribution in [3.8, 4) is 0 Å². The van der Waals surface area contributed by atoms with Gasteiger partial charge in [0.25, 0.3) is 0 Å². The average Bonchev–Trinajstić information content (AvgIpc) is 2.71. The van der Waals surface area contributed by atoms with Crippen molar-refractivity contribution in [3.63, 3.8) is 0 Å². The number of nitrogens with zero attached hydrogens (tertiary/aromatic N) is 1. The van der Waals surface area contributed by atoms with Crippen molar-refractivity contribution in [2.45, 2.75) is 33.7 Å². The molecule has 20 heavy (non-hydrogen) atoms. The topological polar surface area (TPSA) is 48.3 Å². The van der Waals surface area contributed by atoms with Gasteiger partial charge in [-0.15, -0.1) is 0 Å². The van der Waals surface area contributed by atoms with Crippen LogP contribution in [0.25, 0.3) is 10.9 Å². The Kier molecular flexibility index (Phi) is 4.23. The lowest BCUT2D eigenvalue weighted by Crippen LogP contribution is -2.14. The van der Waals surface area contributed by atoms with Gasteiger partial charge in [-0.3, -0.25) is 9.59 Å². The Morgan fingerprint density at radius 2 is 1.90 bits per heavy atom. The number of para-hydroxylation sites is 1. The summed E-state index contributed by atoms with van der Waals surface area (Å²) in [6.07, 6.45) is 0.453. The van der Waals surface area contributed by atoms with Crippen LogP contribution in [0.2, 0.25) is 0 Å². The van der Waals surface area contributed by atoms with Gasteiger partial charge in [-0.05, 0) is 19.9 Å². The molecule has 0 atom stereocenters. The molecule has 0 radical (unpaired) electrons. The van der Waals surface area contributed by atoms with Crippen LogP contribution in [0.15, 0.2) is 24.3 Å². The van der Waals surface area contributed by atoms with Crippen molar-refractivity contribution in [1.29, 1.82) is 0 Å². The highest BCUT2D eigenvalue weighted by Crippen LogP contribution is 2.27. The molecule has 0 aliphatic carbocycles. The summed E-state index contributed by atoms with van der Waals surface area (Å²) in [5.41, 5.74) is 2.44. The molecular formula is C16H19NO3. The minimum absolute atomic E-state index is 0.0984. The van der Waals surface area contributed by atoms with E-state index in [2.05, 4.69) is 0 Å². The number of carbonyl (C=O) groups excluding carboxylic acids is 2. The summed E-state index contributed by atoms with van der Waals surface area (Å²) >= 11 is 0. The van der Waals surface area contributed by atoms with Gasteiger partial charge in [0.2, 0.25) is 0 Å². The lowest BCUT2D eigenvalue weighted by Gasteiger charge is -2.07. The van der Waals surface area contributed by atoms with Crippen molar-refractivity contribution >= 4 is 22.7 Å². The lowest BCUT2D eigenvalue weighted by atomic mass is 10.1. The summed E-state index contributed by atoms with van der Waals surface area (Å²) in [6, 6.07) is 7.66. The van der Waals surface area contributed by atoms with Crippen molar-refractivity contribution in [1.82, 2.24) is 4.57 Å². The molecule has 106 valence electrons. The smallest absolute Gasteiger partial charge is 0.325 e. The third-order valence-electron chi connectivity index (χ3n) is 3.42. The van der Waals surface area contributed by atoms with Gasteiger partial charge >= 0.3 is 5.97 Å². The molecule has 0 amide bonds. The number of fused-ring (bicyclic) bond motifs is 1. The Morgan fingerprint density at radius 3 is 2.55 bits per heavy atom. The van der Waals surface area contributed by atoms with E-state index in [9.17, 15) is 9.59 Å². The number of rotatable bonds is 5. The van der Waals surface area contributed by atoms with Crippen LogP contribution in [0.1, 0.15) is 36.3 Å². The number of carbonyl (C=O) groups is 2. The van der Waals surface area contributed by atoms with Gasteiger partial charge in [0.15, 0.2) is 5.78 Å². The van der Waals surface area contributed by atoms with Crippen LogP contribution < -0.4 is 0 Å². The maximum absolute atomic E-state index is 12.1. The minimum Gasteiger partial charge on any atom is -0.465 e. The second-order valence-electron chi connectivity index (χ2n) is 4.65. The Bertz CT molecular complexity index is 655. The monoisotopic (exact) mass is 273 g/mol. The first-order valence-corrected chi connectivity index (χ1v) is 6.86. The molecule has 4 nitrogen and oxygen atoms in total. The second kappa shape index (κ2) is 5.90. The molecule has 0 bridgehead atoms. The molecule has 0 fully saturated rings. The fraction of sp³-hybridized carbons (Fsp3) is 0.375. The van der Waals surface area contributed by atoms with Gasteiger partial charge < -0.3 is 9.30 Å². The molecular weight excluding hydrogens is 254 g/mol. The maximum atomic E-state index is 12.1. The van der Waals surface area contributed by atoms with Crippen molar-refractivity contribution < 1.29 is 14.3 Å². The molecule has 4 heteroatoms. The van der Waals surface area contributed by atoms with Crippen LogP contribution in [0.5, 0.6) is 0 Å². The van der Waals surface area contributed by atoms with Crippen molar-refractivity contribution in [2.24, 2.45) is 0 Å². The largest absolute Gasteiger partial charge is 0.465 e. The Balaban J connectivity index is 2.57. The number of benzene rings is 1. The maximum Gasteiger partial charge on any atom is 0.325 e. The number of aromatic nitrogens is 1. The van der Waals surface area contributed by atoms with Gasteiger partial charge in [-0.1, -0.05) is 25.1 Å². The van der Waals surface area contributed by atoms with E-state index in [0.29, 0.717) is 18.6 Å². The first-order valence-electron chi connectivity index (χ1n) is 6.86. The summed E-state index contributed by atoms with van der Waals surface area (Å²) in [7, 11) is 0. The molecule has 2 aromatic rings. The summed E-state index contributed by atoms with van der Waals surface area (Å²) in [6.45, 7) is 6.00. The Morgan fingerprint density at radius 1 is 1.20 bits per heavy atom. The number of ketones is 1. The second-order valence-corrected chi connectivity index (χ2v) is 4.65. The molecule has 0 N–H and O–H groups in total.